The van der Waals surface area contributed by atoms with Gasteiger partial charge in [-0.3, -0.25) is 4.79 Å². The van der Waals surface area contributed by atoms with Crippen molar-refractivity contribution in [1.29, 1.82) is 0 Å². The molecule has 0 aliphatic carbocycles. The Morgan fingerprint density at radius 1 is 1.28 bits per heavy atom. The Balaban J connectivity index is 2.27. The van der Waals surface area contributed by atoms with Crippen LogP contribution in [0, 0.1) is 0 Å². The molecule has 0 atom stereocenters. The lowest BCUT2D eigenvalue weighted by Crippen LogP contribution is -2.37. The van der Waals surface area contributed by atoms with Gasteiger partial charge in [0.25, 0.3) is 5.91 Å². The van der Waals surface area contributed by atoms with Crippen molar-refractivity contribution in [2.45, 2.75) is 4.90 Å². The standard InChI is InChI=1S/C11H12ClNO3S2/c12-9-2-1-8(7-10(9)18(15)16)11(14)13-3-5-17-6-4-13/h1-2,7,18H,3-6H2. The molecule has 2 rings (SSSR count). The lowest BCUT2D eigenvalue weighted by atomic mass is 10.2. The summed E-state index contributed by atoms with van der Waals surface area (Å²) in [6, 6.07) is 4.36. The van der Waals surface area contributed by atoms with Crippen LogP contribution >= 0.6 is 23.4 Å². The van der Waals surface area contributed by atoms with Crippen molar-refractivity contribution < 1.29 is 13.2 Å². The third-order valence-electron chi connectivity index (χ3n) is 2.69. The van der Waals surface area contributed by atoms with Gasteiger partial charge < -0.3 is 4.90 Å². The van der Waals surface area contributed by atoms with Crippen LogP contribution in [-0.2, 0) is 10.7 Å². The highest BCUT2D eigenvalue weighted by Gasteiger charge is 2.19. The van der Waals surface area contributed by atoms with E-state index in [-0.39, 0.29) is 15.8 Å². The van der Waals surface area contributed by atoms with Crippen molar-refractivity contribution in [1.82, 2.24) is 4.90 Å². The molecule has 0 unspecified atom stereocenters. The Morgan fingerprint density at radius 3 is 2.56 bits per heavy atom. The second-order valence-electron chi connectivity index (χ2n) is 3.83. The molecule has 0 N–H and O–H groups in total. The van der Waals surface area contributed by atoms with Crippen LogP contribution in [0.4, 0.5) is 0 Å². The highest BCUT2D eigenvalue weighted by Crippen LogP contribution is 2.21. The van der Waals surface area contributed by atoms with Gasteiger partial charge in [-0.15, -0.1) is 0 Å². The first kappa shape index (κ1) is 13.7. The molecule has 1 aliphatic rings. The predicted octanol–water partition coefficient (Wildman–Crippen LogP) is 1.50. The summed E-state index contributed by atoms with van der Waals surface area (Å²) in [6.45, 7) is 1.40. The maximum absolute atomic E-state index is 12.2. The number of rotatable bonds is 2. The predicted molar refractivity (Wildman–Crippen MR) is 73.3 cm³/mol. The Bertz CT molecular complexity index is 531. The molecule has 1 amide bonds. The summed E-state index contributed by atoms with van der Waals surface area (Å²) < 4.78 is 22.0. The van der Waals surface area contributed by atoms with E-state index in [0.29, 0.717) is 18.7 Å². The molecule has 4 nitrogen and oxygen atoms in total. The number of hydrogen-bond acceptors (Lipinski definition) is 4. The maximum atomic E-state index is 12.2. The van der Waals surface area contributed by atoms with Crippen LogP contribution in [0.1, 0.15) is 10.4 Å². The summed E-state index contributed by atoms with van der Waals surface area (Å²) in [5, 5.41) is 0.150. The highest BCUT2D eigenvalue weighted by atomic mass is 35.5. The van der Waals surface area contributed by atoms with E-state index in [1.165, 1.54) is 12.1 Å². The summed E-state index contributed by atoms with van der Waals surface area (Å²) in [5.74, 6) is 1.70. The quantitative estimate of drug-likeness (QED) is 0.841. The van der Waals surface area contributed by atoms with Crippen molar-refractivity contribution in [3.63, 3.8) is 0 Å². The van der Waals surface area contributed by atoms with Gasteiger partial charge in [0.2, 0.25) is 0 Å². The van der Waals surface area contributed by atoms with Gasteiger partial charge in [-0.1, -0.05) is 11.6 Å². The molecule has 0 bridgehead atoms. The largest absolute Gasteiger partial charge is 0.337 e. The highest BCUT2D eigenvalue weighted by molar-refractivity contribution is 7.99. The monoisotopic (exact) mass is 305 g/mol. The number of nitrogens with zero attached hydrogens (tertiary/aromatic N) is 1. The van der Waals surface area contributed by atoms with E-state index >= 15 is 0 Å². The molecule has 18 heavy (non-hydrogen) atoms. The van der Waals surface area contributed by atoms with Gasteiger partial charge in [0, 0.05) is 30.2 Å². The van der Waals surface area contributed by atoms with Crippen molar-refractivity contribution >= 4 is 40.0 Å². The van der Waals surface area contributed by atoms with Crippen LogP contribution in [0.25, 0.3) is 0 Å². The minimum Gasteiger partial charge on any atom is -0.337 e. The van der Waals surface area contributed by atoms with Crippen molar-refractivity contribution in [3.8, 4) is 0 Å². The fourth-order valence-electron chi connectivity index (χ4n) is 1.73. The summed E-state index contributed by atoms with van der Waals surface area (Å²) in [6.07, 6.45) is 0. The Morgan fingerprint density at radius 2 is 1.94 bits per heavy atom. The zero-order valence-corrected chi connectivity index (χ0v) is 11.9. The van der Waals surface area contributed by atoms with Gasteiger partial charge in [0.1, 0.15) is 0 Å². The smallest absolute Gasteiger partial charge is 0.253 e. The second kappa shape index (κ2) is 5.95. The number of thioether (sulfide) groups is 1. The first-order chi connectivity index (χ1) is 8.59. The van der Waals surface area contributed by atoms with E-state index in [4.69, 9.17) is 11.6 Å². The van der Waals surface area contributed by atoms with E-state index in [1.54, 1.807) is 11.0 Å². The SMILES string of the molecule is O=C(c1ccc(Cl)c([SH](=O)=O)c1)N1CCSCC1. The van der Waals surface area contributed by atoms with Crippen LogP contribution in [0.15, 0.2) is 23.1 Å². The van der Waals surface area contributed by atoms with Gasteiger partial charge in [-0.2, -0.15) is 11.8 Å². The number of thiol groups is 1. The summed E-state index contributed by atoms with van der Waals surface area (Å²) in [7, 11) is -2.78. The van der Waals surface area contributed by atoms with E-state index in [9.17, 15) is 13.2 Å². The average Bonchev–Trinajstić information content (AvgIpc) is 2.39. The number of hydrogen-bond donors (Lipinski definition) is 1. The fourth-order valence-corrected chi connectivity index (χ4v) is 3.46. The first-order valence-electron chi connectivity index (χ1n) is 5.40. The molecule has 1 saturated heterocycles. The Hall–Kier alpha value is -0.720. The van der Waals surface area contributed by atoms with Crippen LogP contribution in [-0.4, -0.2) is 43.8 Å². The van der Waals surface area contributed by atoms with Crippen LogP contribution in [0.2, 0.25) is 5.02 Å². The molecule has 1 fully saturated rings. The molecule has 0 aromatic heterocycles. The first-order valence-corrected chi connectivity index (χ1v) is 8.11. The molecule has 1 aliphatic heterocycles. The molecule has 1 aromatic carbocycles. The number of halogens is 1. The Labute approximate surface area is 116 Å². The van der Waals surface area contributed by atoms with E-state index in [2.05, 4.69) is 0 Å². The molecular formula is C11H12ClNO3S2. The zero-order chi connectivity index (χ0) is 13.1. The van der Waals surface area contributed by atoms with E-state index in [1.807, 2.05) is 11.8 Å². The normalized spacial score (nSPS) is 16.0. The molecule has 1 aromatic rings. The third kappa shape index (κ3) is 2.99. The number of amides is 1. The van der Waals surface area contributed by atoms with Gasteiger partial charge in [0.15, 0.2) is 10.7 Å². The third-order valence-corrected chi connectivity index (χ3v) is 4.86. The van der Waals surface area contributed by atoms with Crippen LogP contribution in [0.5, 0.6) is 0 Å². The van der Waals surface area contributed by atoms with Gasteiger partial charge in [-0.05, 0) is 18.2 Å². The average molecular weight is 306 g/mol. The molecule has 1 heterocycles. The van der Waals surface area contributed by atoms with Crippen LogP contribution < -0.4 is 0 Å². The summed E-state index contributed by atoms with van der Waals surface area (Å²) in [4.78, 5) is 13.9. The molecule has 0 spiro atoms. The summed E-state index contributed by atoms with van der Waals surface area (Å²) >= 11 is 7.58. The molecule has 7 heteroatoms. The lowest BCUT2D eigenvalue weighted by molar-refractivity contribution is 0.0772. The van der Waals surface area contributed by atoms with Crippen LogP contribution in [0.3, 0.4) is 0 Å². The molecular weight excluding hydrogens is 294 g/mol. The number of benzene rings is 1. The van der Waals surface area contributed by atoms with Crippen molar-refractivity contribution in [2.24, 2.45) is 0 Å². The topological polar surface area (TPSA) is 54.5 Å². The summed E-state index contributed by atoms with van der Waals surface area (Å²) in [5.41, 5.74) is 0.375. The second-order valence-corrected chi connectivity index (χ2v) is 6.46. The van der Waals surface area contributed by atoms with Gasteiger partial charge >= 0.3 is 0 Å². The van der Waals surface area contributed by atoms with Gasteiger partial charge in [-0.25, -0.2) is 8.42 Å². The number of carbonyl (C=O) groups excluding carboxylic acids is 1. The van der Waals surface area contributed by atoms with E-state index in [0.717, 1.165) is 11.5 Å². The maximum Gasteiger partial charge on any atom is 0.253 e. The number of carbonyl (C=O) groups is 1. The zero-order valence-electron chi connectivity index (χ0n) is 9.47. The molecule has 98 valence electrons. The molecule has 0 radical (unpaired) electrons. The lowest BCUT2D eigenvalue weighted by Gasteiger charge is -2.26. The van der Waals surface area contributed by atoms with Gasteiger partial charge in [0.05, 0.1) is 9.92 Å². The van der Waals surface area contributed by atoms with E-state index < -0.39 is 10.7 Å². The Kier molecular flexibility index (Phi) is 4.53. The van der Waals surface area contributed by atoms with Crippen molar-refractivity contribution in [2.75, 3.05) is 24.6 Å². The minimum absolute atomic E-state index is 0.00361. The van der Waals surface area contributed by atoms with Crippen molar-refractivity contribution in [3.05, 3.63) is 28.8 Å². The molecule has 0 saturated carbocycles. The fraction of sp³-hybridized carbons (Fsp3) is 0.364. The minimum atomic E-state index is -2.78.